The molecule has 2 heterocycles. The molecule has 9 heteroatoms. The molecule has 25 heavy (non-hydrogen) atoms. The van der Waals surface area contributed by atoms with Crippen molar-refractivity contribution in [1.82, 2.24) is 10.2 Å². The number of nitrogens with zero attached hydrogens (tertiary/aromatic N) is 1. The van der Waals surface area contributed by atoms with Gasteiger partial charge in [-0.1, -0.05) is 23.7 Å². The number of halogens is 1. The Labute approximate surface area is 153 Å². The zero-order valence-corrected chi connectivity index (χ0v) is 14.8. The number of amides is 2. The van der Waals surface area contributed by atoms with E-state index in [-0.39, 0.29) is 23.1 Å². The Kier molecular flexibility index (Phi) is 4.91. The van der Waals surface area contributed by atoms with Crippen molar-refractivity contribution < 1.29 is 24.2 Å². The number of carboxylic acid groups (broad SMARTS) is 1. The number of ether oxygens (including phenoxy) is 1. The lowest BCUT2D eigenvalue weighted by molar-refractivity contribution is -0.150. The first-order valence-corrected chi connectivity index (χ1v) is 8.84. The van der Waals surface area contributed by atoms with Gasteiger partial charge >= 0.3 is 5.97 Å². The number of carbonyl (C=O) groups excluding carboxylic acids is 2. The third-order valence-corrected chi connectivity index (χ3v) is 5.72. The highest BCUT2D eigenvalue weighted by molar-refractivity contribution is 8.00. The van der Waals surface area contributed by atoms with Gasteiger partial charge in [0.25, 0.3) is 5.91 Å². The summed E-state index contributed by atoms with van der Waals surface area (Å²) in [7, 11) is 1.56. The predicted octanol–water partition coefficient (Wildman–Crippen LogP) is 1.17. The molecular weight excluding hydrogens is 368 g/mol. The molecule has 2 aliphatic rings. The third-order valence-electron chi connectivity index (χ3n) is 3.96. The molecule has 0 bridgehead atoms. The molecule has 0 unspecified atom stereocenters. The molecule has 0 aromatic heterocycles. The van der Waals surface area contributed by atoms with Gasteiger partial charge < -0.3 is 15.2 Å². The SMILES string of the molecule is COc1ccc(CC(=O)N[C@@H]2C(=O)N3C(C(=O)O)=C(Cl)CS[C@H]23)cc1. The Morgan fingerprint density at radius 1 is 1.40 bits per heavy atom. The Morgan fingerprint density at radius 3 is 2.68 bits per heavy atom. The number of β-lactam (4-membered cyclic amide) rings is 1. The molecule has 1 aromatic carbocycles. The average molecular weight is 383 g/mol. The normalized spacial score (nSPS) is 22.2. The second-order valence-corrected chi connectivity index (χ2v) is 7.10. The molecule has 0 saturated carbocycles. The van der Waals surface area contributed by atoms with E-state index in [9.17, 15) is 19.5 Å². The number of carbonyl (C=O) groups is 3. The lowest BCUT2D eigenvalue weighted by Gasteiger charge is -2.48. The van der Waals surface area contributed by atoms with Crippen molar-refractivity contribution in [3.05, 3.63) is 40.6 Å². The number of hydrogen-bond donors (Lipinski definition) is 2. The largest absolute Gasteiger partial charge is 0.497 e. The number of thioether (sulfide) groups is 1. The van der Waals surface area contributed by atoms with Gasteiger partial charge in [-0.3, -0.25) is 14.5 Å². The number of methoxy groups -OCH3 is 1. The molecule has 2 aliphatic heterocycles. The van der Waals surface area contributed by atoms with Gasteiger partial charge in [0, 0.05) is 5.75 Å². The first-order chi connectivity index (χ1) is 11.9. The smallest absolute Gasteiger partial charge is 0.353 e. The molecule has 7 nitrogen and oxygen atoms in total. The fraction of sp³-hybridized carbons (Fsp3) is 0.312. The minimum absolute atomic E-state index is 0.119. The highest BCUT2D eigenvalue weighted by atomic mass is 35.5. The summed E-state index contributed by atoms with van der Waals surface area (Å²) in [6, 6.07) is 6.31. The predicted molar refractivity (Wildman–Crippen MR) is 92.2 cm³/mol. The van der Waals surface area contributed by atoms with Crippen molar-refractivity contribution in [1.29, 1.82) is 0 Å². The summed E-state index contributed by atoms with van der Waals surface area (Å²) in [5, 5.41) is 11.6. The van der Waals surface area contributed by atoms with Crippen molar-refractivity contribution in [2.24, 2.45) is 0 Å². The lowest BCUT2D eigenvalue weighted by atomic mass is 10.0. The number of benzene rings is 1. The molecule has 1 saturated heterocycles. The van der Waals surface area contributed by atoms with Crippen molar-refractivity contribution in [3.8, 4) is 5.75 Å². The van der Waals surface area contributed by atoms with Crippen LogP contribution in [0.5, 0.6) is 5.75 Å². The van der Waals surface area contributed by atoms with Crippen LogP contribution in [0.2, 0.25) is 0 Å². The Hall–Kier alpha value is -2.19. The summed E-state index contributed by atoms with van der Waals surface area (Å²) < 4.78 is 5.06. The molecule has 0 aliphatic carbocycles. The maximum absolute atomic E-state index is 12.3. The molecule has 2 N–H and O–H groups in total. The molecule has 0 spiro atoms. The van der Waals surface area contributed by atoms with Crippen LogP contribution in [0.1, 0.15) is 5.56 Å². The fourth-order valence-electron chi connectivity index (χ4n) is 2.74. The van der Waals surface area contributed by atoms with Crippen molar-refractivity contribution in [2.45, 2.75) is 17.8 Å². The first kappa shape index (κ1) is 17.6. The summed E-state index contributed by atoms with van der Waals surface area (Å²) >= 11 is 7.24. The number of nitrogens with one attached hydrogen (secondary N) is 1. The molecule has 2 amide bonds. The van der Waals surface area contributed by atoms with Crippen LogP contribution in [0.4, 0.5) is 0 Å². The quantitative estimate of drug-likeness (QED) is 0.742. The van der Waals surface area contributed by atoms with Crippen LogP contribution in [-0.4, -0.2) is 52.1 Å². The molecule has 2 atom stereocenters. The van der Waals surface area contributed by atoms with Gasteiger partial charge in [0.1, 0.15) is 22.9 Å². The van der Waals surface area contributed by atoms with E-state index in [1.807, 2.05) is 0 Å². The highest BCUT2D eigenvalue weighted by Gasteiger charge is 2.54. The van der Waals surface area contributed by atoms with Crippen LogP contribution in [0.25, 0.3) is 0 Å². The maximum Gasteiger partial charge on any atom is 0.353 e. The standard InChI is InChI=1S/C16H15ClN2O5S/c1-24-9-4-2-8(3-5-9)6-11(20)18-12-14(21)19-13(16(22)23)10(17)7-25-15(12)19/h2-5,12,15H,6-7H2,1H3,(H,18,20)(H,22,23)/t12-,15-/m1/s1. The van der Waals surface area contributed by atoms with Gasteiger partial charge in [0.05, 0.1) is 18.6 Å². The third kappa shape index (κ3) is 3.32. The highest BCUT2D eigenvalue weighted by Crippen LogP contribution is 2.41. The van der Waals surface area contributed by atoms with Gasteiger partial charge in [-0.05, 0) is 17.7 Å². The summed E-state index contributed by atoms with van der Waals surface area (Å²) in [6.45, 7) is 0. The van der Waals surface area contributed by atoms with Crippen molar-refractivity contribution in [2.75, 3.05) is 12.9 Å². The van der Waals surface area contributed by atoms with Crippen LogP contribution in [0.3, 0.4) is 0 Å². The van der Waals surface area contributed by atoms with Gasteiger partial charge in [-0.15, -0.1) is 11.8 Å². The maximum atomic E-state index is 12.3. The van der Waals surface area contributed by atoms with Crippen molar-refractivity contribution in [3.63, 3.8) is 0 Å². The van der Waals surface area contributed by atoms with E-state index in [2.05, 4.69) is 5.32 Å². The van der Waals surface area contributed by atoms with Gasteiger partial charge in [0.2, 0.25) is 5.91 Å². The molecule has 1 fully saturated rings. The van der Waals surface area contributed by atoms with E-state index in [1.54, 1.807) is 31.4 Å². The van der Waals surface area contributed by atoms with Crippen LogP contribution in [-0.2, 0) is 20.8 Å². The Bertz CT molecular complexity index is 764. The molecule has 132 valence electrons. The Morgan fingerprint density at radius 2 is 2.08 bits per heavy atom. The molecule has 1 aromatic rings. The second-order valence-electron chi connectivity index (χ2n) is 5.54. The van der Waals surface area contributed by atoms with E-state index in [1.165, 1.54) is 11.8 Å². The second kappa shape index (κ2) is 6.97. The summed E-state index contributed by atoms with van der Waals surface area (Å²) in [5.74, 6) is -1.02. The van der Waals surface area contributed by atoms with Gasteiger partial charge in [-0.2, -0.15) is 0 Å². The van der Waals surface area contributed by atoms with E-state index >= 15 is 0 Å². The zero-order chi connectivity index (χ0) is 18.1. The lowest BCUT2D eigenvalue weighted by Crippen LogP contribution is -2.70. The van der Waals surface area contributed by atoms with Crippen molar-refractivity contribution >= 4 is 41.1 Å². The number of carboxylic acids is 1. The summed E-state index contributed by atoms with van der Waals surface area (Å²) in [4.78, 5) is 36.9. The van der Waals surface area contributed by atoms with Crippen LogP contribution < -0.4 is 10.1 Å². The minimum Gasteiger partial charge on any atom is -0.497 e. The zero-order valence-electron chi connectivity index (χ0n) is 13.2. The van der Waals surface area contributed by atoms with Gasteiger partial charge in [0.15, 0.2) is 0 Å². The molecule has 0 radical (unpaired) electrons. The topological polar surface area (TPSA) is 95.9 Å². The number of aliphatic carboxylic acids is 1. The summed E-state index contributed by atoms with van der Waals surface area (Å²) in [5.41, 5.74) is 0.587. The van der Waals surface area contributed by atoms with E-state index in [0.29, 0.717) is 11.5 Å². The first-order valence-electron chi connectivity index (χ1n) is 7.41. The number of rotatable bonds is 5. The Balaban J connectivity index is 1.63. The van der Waals surface area contributed by atoms with E-state index in [0.717, 1.165) is 10.5 Å². The monoisotopic (exact) mass is 382 g/mol. The molecule has 3 rings (SSSR count). The fourth-order valence-corrected chi connectivity index (χ4v) is 4.29. The number of fused-ring (bicyclic) bond motifs is 1. The summed E-state index contributed by atoms with van der Waals surface area (Å²) in [6.07, 6.45) is 0.119. The van der Waals surface area contributed by atoms with Crippen LogP contribution in [0.15, 0.2) is 35.0 Å². The number of hydrogen-bond acceptors (Lipinski definition) is 5. The van der Waals surface area contributed by atoms with E-state index < -0.39 is 23.3 Å². The average Bonchev–Trinajstić information content (AvgIpc) is 2.59. The minimum atomic E-state index is -1.24. The van der Waals surface area contributed by atoms with Crippen LogP contribution >= 0.6 is 23.4 Å². The van der Waals surface area contributed by atoms with Gasteiger partial charge in [-0.25, -0.2) is 4.79 Å². The van der Waals surface area contributed by atoms with Crippen LogP contribution in [0, 0.1) is 0 Å². The molecular formula is C16H15ClN2O5S. The van der Waals surface area contributed by atoms with E-state index in [4.69, 9.17) is 16.3 Å².